The average Bonchev–Trinajstić information content (AvgIpc) is 3.41. The van der Waals surface area contributed by atoms with Crippen LogP contribution in [0.15, 0.2) is 51.3 Å². The third-order valence-electron chi connectivity index (χ3n) is 4.83. The first kappa shape index (κ1) is 24.5. The molecule has 0 aliphatic carbocycles. The van der Waals surface area contributed by atoms with Crippen molar-refractivity contribution >= 4 is 29.5 Å². The Balaban J connectivity index is 1.54. The van der Waals surface area contributed by atoms with Crippen LogP contribution in [0, 0.1) is 6.92 Å². The van der Waals surface area contributed by atoms with Crippen molar-refractivity contribution in [2.45, 2.75) is 33.6 Å². The molecule has 2 aromatic heterocycles. The highest BCUT2D eigenvalue weighted by Gasteiger charge is 2.28. The first-order chi connectivity index (χ1) is 16.3. The summed E-state index contributed by atoms with van der Waals surface area (Å²) in [5.41, 5.74) is 0.786. The summed E-state index contributed by atoms with van der Waals surface area (Å²) in [6, 6.07) is 13.2. The summed E-state index contributed by atoms with van der Waals surface area (Å²) in [6.07, 6.45) is 0.317. The van der Waals surface area contributed by atoms with Gasteiger partial charge in [-0.25, -0.2) is 4.79 Å². The van der Waals surface area contributed by atoms with Gasteiger partial charge in [0, 0.05) is 12.0 Å². The maximum Gasteiger partial charge on any atom is 0.344 e. The van der Waals surface area contributed by atoms with Gasteiger partial charge in [0.05, 0.1) is 18.6 Å². The van der Waals surface area contributed by atoms with E-state index >= 15 is 0 Å². The third-order valence-corrected chi connectivity index (χ3v) is 4.83. The van der Waals surface area contributed by atoms with Crippen LogP contribution >= 0.6 is 0 Å². The quantitative estimate of drug-likeness (QED) is 0.345. The minimum Gasteiger partial charge on any atom is -0.462 e. The summed E-state index contributed by atoms with van der Waals surface area (Å²) >= 11 is 0. The second-order valence-electron chi connectivity index (χ2n) is 7.35. The molecule has 0 fully saturated rings. The predicted molar refractivity (Wildman–Crippen MR) is 121 cm³/mol. The van der Waals surface area contributed by atoms with Crippen LogP contribution in [-0.2, 0) is 25.5 Å². The summed E-state index contributed by atoms with van der Waals surface area (Å²) in [7, 11) is 0. The molecule has 0 unspecified atom stereocenters. The number of esters is 2. The van der Waals surface area contributed by atoms with E-state index in [4.69, 9.17) is 18.3 Å². The fraction of sp³-hybridized carbons (Fsp3) is 0.280. The summed E-state index contributed by atoms with van der Waals surface area (Å²) in [5.74, 6) is -1.30. The number of hydrogen-bond donors (Lipinski definition) is 1. The van der Waals surface area contributed by atoms with Crippen molar-refractivity contribution in [2.24, 2.45) is 0 Å². The van der Waals surface area contributed by atoms with Crippen molar-refractivity contribution in [3.05, 3.63) is 65.1 Å². The van der Waals surface area contributed by atoms with Crippen LogP contribution < -0.4 is 5.32 Å². The molecule has 3 rings (SSSR count). The Morgan fingerprint density at radius 1 is 0.941 bits per heavy atom. The number of ether oxygens (including phenoxy) is 2. The molecule has 0 aliphatic rings. The van der Waals surface area contributed by atoms with Crippen molar-refractivity contribution in [1.29, 1.82) is 0 Å². The van der Waals surface area contributed by atoms with Gasteiger partial charge in [-0.15, -0.1) is 0 Å². The van der Waals surface area contributed by atoms with Gasteiger partial charge < -0.3 is 18.3 Å². The Kier molecular flexibility index (Phi) is 8.02. The van der Waals surface area contributed by atoms with E-state index in [1.54, 1.807) is 13.0 Å². The summed E-state index contributed by atoms with van der Waals surface area (Å²) < 4.78 is 21.1. The Morgan fingerprint density at radius 3 is 2.35 bits per heavy atom. The van der Waals surface area contributed by atoms with E-state index in [1.165, 1.54) is 13.8 Å². The van der Waals surface area contributed by atoms with Crippen LogP contribution in [0.4, 0.5) is 5.88 Å². The van der Waals surface area contributed by atoms with Crippen LogP contribution in [0.1, 0.15) is 52.5 Å². The van der Waals surface area contributed by atoms with Crippen LogP contribution in [-0.4, -0.2) is 36.8 Å². The van der Waals surface area contributed by atoms with Gasteiger partial charge in [-0.05, 0) is 32.9 Å². The number of anilines is 1. The number of hydrogen-bond acceptors (Lipinski definition) is 8. The number of aryl methyl sites for hydroxylation is 2. The fourth-order valence-electron chi connectivity index (χ4n) is 3.33. The number of benzene rings is 1. The lowest BCUT2D eigenvalue weighted by molar-refractivity contribution is -0.147. The Morgan fingerprint density at radius 2 is 1.68 bits per heavy atom. The molecule has 34 heavy (non-hydrogen) atoms. The van der Waals surface area contributed by atoms with Gasteiger partial charge in [0.2, 0.25) is 5.88 Å². The van der Waals surface area contributed by atoms with Crippen LogP contribution in [0.2, 0.25) is 0 Å². The topological polar surface area (TPSA) is 125 Å². The van der Waals surface area contributed by atoms with Crippen LogP contribution in [0.25, 0.3) is 11.3 Å². The van der Waals surface area contributed by atoms with Gasteiger partial charge in [-0.1, -0.05) is 30.3 Å². The van der Waals surface area contributed by atoms with E-state index in [9.17, 15) is 19.2 Å². The molecule has 1 aromatic carbocycles. The maximum absolute atomic E-state index is 12.3. The fourth-order valence-corrected chi connectivity index (χ4v) is 3.33. The molecule has 0 spiro atoms. The highest BCUT2D eigenvalue weighted by molar-refractivity contribution is 6.10. The minimum atomic E-state index is -0.801. The number of ketones is 1. The monoisotopic (exact) mass is 467 g/mol. The number of furan rings is 2. The highest BCUT2D eigenvalue weighted by atomic mass is 16.5. The number of rotatable bonds is 10. The SMILES string of the molecule is CCOC(=O)c1c(NC(=O)COC(=O)CCc2ccc(-c3ccccc3)o2)oc(C)c1C(C)=O. The van der Waals surface area contributed by atoms with Gasteiger partial charge in [-0.2, -0.15) is 0 Å². The van der Waals surface area contributed by atoms with E-state index in [1.807, 2.05) is 36.4 Å². The third kappa shape index (κ3) is 6.00. The normalized spacial score (nSPS) is 10.6. The lowest BCUT2D eigenvalue weighted by Gasteiger charge is -2.07. The number of carbonyl (C=O) groups excluding carboxylic acids is 4. The van der Waals surface area contributed by atoms with Crippen LogP contribution in [0.5, 0.6) is 0 Å². The molecule has 3 aromatic rings. The summed E-state index contributed by atoms with van der Waals surface area (Å²) in [4.78, 5) is 48.5. The lowest BCUT2D eigenvalue weighted by atomic mass is 10.1. The Bertz CT molecular complexity index is 1190. The van der Waals surface area contributed by atoms with Crippen molar-refractivity contribution in [1.82, 2.24) is 0 Å². The first-order valence-electron chi connectivity index (χ1n) is 10.7. The van der Waals surface area contributed by atoms with Gasteiger partial charge in [0.1, 0.15) is 22.8 Å². The second kappa shape index (κ2) is 11.1. The van der Waals surface area contributed by atoms with Gasteiger partial charge >= 0.3 is 11.9 Å². The van der Waals surface area contributed by atoms with E-state index in [-0.39, 0.29) is 35.8 Å². The minimum absolute atomic E-state index is 0.0114. The van der Waals surface area contributed by atoms with Crippen molar-refractivity contribution < 1.29 is 37.5 Å². The largest absolute Gasteiger partial charge is 0.462 e. The van der Waals surface area contributed by atoms with Gasteiger partial charge in [0.15, 0.2) is 12.4 Å². The number of carbonyl (C=O) groups is 4. The molecule has 0 aliphatic heterocycles. The average molecular weight is 467 g/mol. The smallest absolute Gasteiger partial charge is 0.344 e. The molecule has 1 N–H and O–H groups in total. The molecular formula is C25H25NO8. The highest BCUT2D eigenvalue weighted by Crippen LogP contribution is 2.28. The maximum atomic E-state index is 12.3. The molecule has 2 heterocycles. The zero-order valence-electron chi connectivity index (χ0n) is 19.1. The first-order valence-corrected chi connectivity index (χ1v) is 10.7. The van der Waals surface area contributed by atoms with E-state index in [0.29, 0.717) is 17.9 Å². The van der Waals surface area contributed by atoms with E-state index < -0.39 is 30.2 Å². The van der Waals surface area contributed by atoms with Crippen molar-refractivity contribution in [3.8, 4) is 11.3 Å². The number of amides is 1. The zero-order chi connectivity index (χ0) is 24.7. The molecule has 0 radical (unpaired) electrons. The lowest BCUT2D eigenvalue weighted by Crippen LogP contribution is -2.22. The second-order valence-corrected chi connectivity index (χ2v) is 7.35. The molecule has 0 saturated heterocycles. The van der Waals surface area contributed by atoms with Gasteiger partial charge in [0.25, 0.3) is 5.91 Å². The molecular weight excluding hydrogens is 442 g/mol. The standard InChI is InChI=1S/C25H25NO8/c1-4-31-25(30)23-22(15(2)27)16(3)33-24(23)26-20(28)14-32-21(29)13-11-18-10-12-19(34-18)17-8-6-5-7-9-17/h5-10,12H,4,11,13-14H2,1-3H3,(H,26,28). The number of nitrogens with one attached hydrogen (secondary N) is 1. The van der Waals surface area contributed by atoms with Crippen molar-refractivity contribution in [2.75, 3.05) is 18.5 Å². The van der Waals surface area contributed by atoms with E-state index in [2.05, 4.69) is 5.32 Å². The van der Waals surface area contributed by atoms with Crippen molar-refractivity contribution in [3.63, 3.8) is 0 Å². The Labute approximate surface area is 196 Å². The molecule has 0 bridgehead atoms. The number of Topliss-reactive ketones (excluding diaryl/α,β-unsaturated/α-hetero) is 1. The molecule has 9 nitrogen and oxygen atoms in total. The van der Waals surface area contributed by atoms with E-state index in [0.717, 1.165) is 5.56 Å². The molecule has 0 saturated carbocycles. The Hall–Kier alpha value is -4.14. The predicted octanol–water partition coefficient (Wildman–Crippen LogP) is 4.34. The summed E-state index contributed by atoms with van der Waals surface area (Å²) in [5, 5.41) is 2.36. The molecule has 1 amide bonds. The van der Waals surface area contributed by atoms with Crippen LogP contribution in [0.3, 0.4) is 0 Å². The molecule has 9 heteroatoms. The molecule has 178 valence electrons. The molecule has 0 atom stereocenters. The summed E-state index contributed by atoms with van der Waals surface area (Å²) in [6.45, 7) is 3.86. The zero-order valence-corrected chi connectivity index (χ0v) is 19.1. The van der Waals surface area contributed by atoms with Gasteiger partial charge in [-0.3, -0.25) is 19.7 Å².